The summed E-state index contributed by atoms with van der Waals surface area (Å²) in [6.45, 7) is 0.217. The molecule has 1 N–H and O–H groups in total. The first kappa shape index (κ1) is 17.6. The van der Waals surface area contributed by atoms with Crippen LogP contribution < -0.4 is 10.2 Å². The number of carbonyl (C=O) groups excluding carboxylic acids is 3. The summed E-state index contributed by atoms with van der Waals surface area (Å²) in [6, 6.07) is 11.7. The molecule has 0 unspecified atom stereocenters. The molecule has 1 aliphatic heterocycles. The van der Waals surface area contributed by atoms with E-state index in [1.807, 2.05) is 0 Å². The maximum absolute atomic E-state index is 12.8. The van der Waals surface area contributed by atoms with E-state index in [1.54, 1.807) is 29.2 Å². The second kappa shape index (κ2) is 7.77. The van der Waals surface area contributed by atoms with Crippen LogP contribution in [0, 0.1) is 5.82 Å². The average molecular weight is 356 g/mol. The molecule has 1 saturated heterocycles. The molecule has 6 nitrogen and oxygen atoms in total. The third-order valence-corrected chi connectivity index (χ3v) is 3.95. The van der Waals surface area contributed by atoms with Crippen molar-refractivity contribution in [3.8, 4) is 0 Å². The SMILES string of the molecule is O=C(COC(=O)c1ccc(N2CCCC2=O)cc1)Nc1ccc(F)cc1. The van der Waals surface area contributed by atoms with Crippen molar-refractivity contribution >= 4 is 29.2 Å². The molecule has 2 amide bonds. The standard InChI is InChI=1S/C19H17FN2O4/c20-14-5-7-15(8-6-14)21-17(23)12-26-19(25)13-3-9-16(10-4-13)22-11-1-2-18(22)24/h3-10H,1-2,11-12H2,(H,21,23). The van der Waals surface area contributed by atoms with Crippen molar-refractivity contribution in [2.75, 3.05) is 23.4 Å². The summed E-state index contributed by atoms with van der Waals surface area (Å²) in [5.74, 6) is -1.51. The van der Waals surface area contributed by atoms with Gasteiger partial charge >= 0.3 is 5.97 Å². The first-order valence-corrected chi connectivity index (χ1v) is 8.16. The zero-order valence-electron chi connectivity index (χ0n) is 13.9. The lowest BCUT2D eigenvalue weighted by Crippen LogP contribution is -2.23. The normalized spacial score (nSPS) is 13.6. The molecule has 2 aromatic carbocycles. The second-order valence-electron chi connectivity index (χ2n) is 5.83. The molecule has 26 heavy (non-hydrogen) atoms. The minimum Gasteiger partial charge on any atom is -0.452 e. The van der Waals surface area contributed by atoms with Crippen molar-refractivity contribution in [1.82, 2.24) is 0 Å². The van der Waals surface area contributed by atoms with Crippen LogP contribution in [-0.2, 0) is 14.3 Å². The van der Waals surface area contributed by atoms with Crippen LogP contribution in [0.5, 0.6) is 0 Å². The van der Waals surface area contributed by atoms with Gasteiger partial charge in [0, 0.05) is 24.3 Å². The maximum atomic E-state index is 12.8. The molecule has 1 heterocycles. The Morgan fingerprint density at radius 2 is 1.77 bits per heavy atom. The Kier molecular flexibility index (Phi) is 5.26. The number of hydrogen-bond donors (Lipinski definition) is 1. The Balaban J connectivity index is 1.52. The average Bonchev–Trinajstić information content (AvgIpc) is 3.08. The monoisotopic (exact) mass is 356 g/mol. The van der Waals surface area contributed by atoms with Crippen molar-refractivity contribution < 1.29 is 23.5 Å². The predicted molar refractivity (Wildman–Crippen MR) is 93.3 cm³/mol. The second-order valence-corrected chi connectivity index (χ2v) is 5.83. The van der Waals surface area contributed by atoms with E-state index in [0.29, 0.717) is 18.7 Å². The maximum Gasteiger partial charge on any atom is 0.338 e. The summed E-state index contributed by atoms with van der Waals surface area (Å²) in [7, 11) is 0. The van der Waals surface area contributed by atoms with Crippen molar-refractivity contribution in [2.45, 2.75) is 12.8 Å². The fraction of sp³-hybridized carbons (Fsp3) is 0.211. The number of benzene rings is 2. The minimum atomic E-state index is -0.640. The zero-order valence-corrected chi connectivity index (χ0v) is 13.9. The highest BCUT2D eigenvalue weighted by Crippen LogP contribution is 2.21. The van der Waals surface area contributed by atoms with Gasteiger partial charge in [-0.15, -0.1) is 0 Å². The van der Waals surface area contributed by atoms with E-state index in [9.17, 15) is 18.8 Å². The molecule has 1 fully saturated rings. The number of rotatable bonds is 5. The van der Waals surface area contributed by atoms with Gasteiger partial charge in [0.1, 0.15) is 5.82 Å². The van der Waals surface area contributed by atoms with E-state index < -0.39 is 24.3 Å². The summed E-state index contributed by atoms with van der Waals surface area (Å²) in [6.07, 6.45) is 1.36. The topological polar surface area (TPSA) is 75.7 Å². The van der Waals surface area contributed by atoms with Gasteiger partial charge < -0.3 is 15.0 Å². The molecule has 0 atom stereocenters. The van der Waals surface area contributed by atoms with Crippen LogP contribution in [-0.4, -0.2) is 30.9 Å². The summed E-state index contributed by atoms with van der Waals surface area (Å²) < 4.78 is 17.8. The lowest BCUT2D eigenvalue weighted by molar-refractivity contribution is -0.119. The molecule has 3 rings (SSSR count). The lowest BCUT2D eigenvalue weighted by atomic mass is 10.2. The van der Waals surface area contributed by atoms with E-state index in [-0.39, 0.29) is 11.5 Å². The van der Waals surface area contributed by atoms with Crippen molar-refractivity contribution in [1.29, 1.82) is 0 Å². The van der Waals surface area contributed by atoms with E-state index >= 15 is 0 Å². The molecule has 0 radical (unpaired) electrons. The highest BCUT2D eigenvalue weighted by atomic mass is 19.1. The Hall–Kier alpha value is -3.22. The van der Waals surface area contributed by atoms with Crippen LogP contribution in [0.3, 0.4) is 0 Å². The van der Waals surface area contributed by atoms with Crippen LogP contribution in [0.1, 0.15) is 23.2 Å². The van der Waals surface area contributed by atoms with E-state index in [1.165, 1.54) is 24.3 Å². The number of carbonyl (C=O) groups is 3. The van der Waals surface area contributed by atoms with Crippen LogP contribution in [0.25, 0.3) is 0 Å². The fourth-order valence-corrected chi connectivity index (χ4v) is 2.64. The first-order valence-electron chi connectivity index (χ1n) is 8.16. The van der Waals surface area contributed by atoms with Crippen LogP contribution in [0.15, 0.2) is 48.5 Å². The molecule has 0 saturated carbocycles. The number of hydrogen-bond acceptors (Lipinski definition) is 4. The molecule has 134 valence electrons. The zero-order chi connectivity index (χ0) is 18.5. The fourth-order valence-electron chi connectivity index (χ4n) is 2.64. The molecule has 0 spiro atoms. The van der Waals surface area contributed by atoms with Gasteiger partial charge in [-0.3, -0.25) is 9.59 Å². The molecular weight excluding hydrogens is 339 g/mol. The van der Waals surface area contributed by atoms with Crippen LogP contribution in [0.4, 0.5) is 15.8 Å². The summed E-state index contributed by atoms with van der Waals surface area (Å²) >= 11 is 0. The molecule has 2 aromatic rings. The van der Waals surface area contributed by atoms with Gasteiger partial charge in [0.2, 0.25) is 5.91 Å². The molecular formula is C19H17FN2O4. The smallest absolute Gasteiger partial charge is 0.338 e. The molecule has 1 aliphatic rings. The number of anilines is 2. The van der Waals surface area contributed by atoms with E-state index in [2.05, 4.69) is 5.32 Å². The Bertz CT molecular complexity index is 818. The first-order chi connectivity index (χ1) is 12.5. The molecule has 7 heteroatoms. The van der Waals surface area contributed by atoms with E-state index in [0.717, 1.165) is 12.1 Å². The van der Waals surface area contributed by atoms with Crippen molar-refractivity contribution in [2.24, 2.45) is 0 Å². The summed E-state index contributed by atoms with van der Waals surface area (Å²) in [4.78, 5) is 37.2. The van der Waals surface area contributed by atoms with Gasteiger partial charge in [0.15, 0.2) is 6.61 Å². The Morgan fingerprint density at radius 1 is 1.08 bits per heavy atom. The van der Waals surface area contributed by atoms with E-state index in [4.69, 9.17) is 4.74 Å². The van der Waals surface area contributed by atoms with Gasteiger partial charge in [-0.25, -0.2) is 9.18 Å². The predicted octanol–water partition coefficient (Wildman–Crippen LogP) is 2.75. The van der Waals surface area contributed by atoms with Crippen LogP contribution in [0.2, 0.25) is 0 Å². The van der Waals surface area contributed by atoms with Crippen molar-refractivity contribution in [3.05, 3.63) is 59.9 Å². The minimum absolute atomic E-state index is 0.0674. The number of nitrogens with zero attached hydrogens (tertiary/aromatic N) is 1. The lowest BCUT2D eigenvalue weighted by Gasteiger charge is -2.15. The molecule has 0 aliphatic carbocycles. The Morgan fingerprint density at radius 3 is 2.38 bits per heavy atom. The highest BCUT2D eigenvalue weighted by molar-refractivity contribution is 5.97. The highest BCUT2D eigenvalue weighted by Gasteiger charge is 2.21. The number of halogens is 1. The largest absolute Gasteiger partial charge is 0.452 e. The van der Waals surface area contributed by atoms with Gasteiger partial charge in [-0.2, -0.15) is 0 Å². The molecule has 0 bridgehead atoms. The van der Waals surface area contributed by atoms with Gasteiger partial charge in [-0.1, -0.05) is 0 Å². The number of ether oxygens (including phenoxy) is 1. The third kappa shape index (κ3) is 4.24. The summed E-state index contributed by atoms with van der Waals surface area (Å²) in [5, 5.41) is 2.50. The number of esters is 1. The number of nitrogens with one attached hydrogen (secondary N) is 1. The third-order valence-electron chi connectivity index (χ3n) is 3.95. The van der Waals surface area contributed by atoms with Crippen LogP contribution >= 0.6 is 0 Å². The van der Waals surface area contributed by atoms with Gasteiger partial charge in [-0.05, 0) is 55.0 Å². The van der Waals surface area contributed by atoms with Gasteiger partial charge in [0.25, 0.3) is 5.91 Å². The number of amides is 2. The quantitative estimate of drug-likeness (QED) is 0.836. The molecule has 0 aromatic heterocycles. The summed E-state index contributed by atoms with van der Waals surface area (Å²) in [5.41, 5.74) is 1.43. The Labute approximate surface area is 149 Å². The van der Waals surface area contributed by atoms with Crippen molar-refractivity contribution in [3.63, 3.8) is 0 Å². The van der Waals surface area contributed by atoms with Gasteiger partial charge in [0.05, 0.1) is 5.56 Å².